The Morgan fingerprint density at radius 1 is 1.64 bits per heavy atom. The Balaban J connectivity index is 2.64. The minimum absolute atomic E-state index is 0.409. The maximum atomic E-state index is 11.0. The summed E-state index contributed by atoms with van der Waals surface area (Å²) in [7, 11) is 1.33. The number of hydrogen-bond donors (Lipinski definition) is 1. The number of aromatic nitrogens is 1. The second kappa shape index (κ2) is 4.72. The van der Waals surface area contributed by atoms with E-state index in [0.29, 0.717) is 6.42 Å². The van der Waals surface area contributed by atoms with Gasteiger partial charge in [0, 0.05) is 17.8 Å². The molecule has 4 heteroatoms. The molecule has 0 amide bonds. The van der Waals surface area contributed by atoms with E-state index in [2.05, 4.69) is 9.72 Å². The molecule has 0 aliphatic heterocycles. The van der Waals surface area contributed by atoms with Crippen LogP contribution in [-0.2, 0) is 16.0 Å². The van der Waals surface area contributed by atoms with Crippen LogP contribution in [0, 0.1) is 6.92 Å². The predicted octanol–water partition coefficient (Wildman–Crippen LogP) is 0.433. The fourth-order valence-corrected chi connectivity index (χ4v) is 1.17. The Bertz CT molecular complexity index is 326. The van der Waals surface area contributed by atoms with E-state index < -0.39 is 12.0 Å². The highest BCUT2D eigenvalue weighted by atomic mass is 16.5. The van der Waals surface area contributed by atoms with E-state index in [4.69, 9.17) is 5.73 Å². The van der Waals surface area contributed by atoms with Gasteiger partial charge in [-0.2, -0.15) is 0 Å². The van der Waals surface area contributed by atoms with E-state index in [-0.39, 0.29) is 0 Å². The summed E-state index contributed by atoms with van der Waals surface area (Å²) >= 11 is 0. The number of ether oxygens (including phenoxy) is 1. The molecular weight excluding hydrogens is 180 g/mol. The minimum Gasteiger partial charge on any atom is -0.468 e. The van der Waals surface area contributed by atoms with Crippen molar-refractivity contribution in [2.75, 3.05) is 7.11 Å². The third-order valence-electron chi connectivity index (χ3n) is 1.88. The summed E-state index contributed by atoms with van der Waals surface area (Å²) in [5.74, 6) is -0.409. The van der Waals surface area contributed by atoms with Gasteiger partial charge in [-0.05, 0) is 19.1 Å². The molecule has 1 heterocycles. The fraction of sp³-hybridized carbons (Fsp3) is 0.400. The van der Waals surface area contributed by atoms with Crippen molar-refractivity contribution in [2.45, 2.75) is 19.4 Å². The van der Waals surface area contributed by atoms with Gasteiger partial charge in [-0.3, -0.25) is 9.78 Å². The molecule has 0 bridgehead atoms. The van der Waals surface area contributed by atoms with Crippen molar-refractivity contribution in [3.05, 3.63) is 29.6 Å². The quantitative estimate of drug-likeness (QED) is 0.709. The van der Waals surface area contributed by atoms with Crippen molar-refractivity contribution in [3.63, 3.8) is 0 Å². The molecule has 14 heavy (non-hydrogen) atoms. The van der Waals surface area contributed by atoms with Gasteiger partial charge < -0.3 is 10.5 Å². The van der Waals surface area contributed by atoms with Crippen molar-refractivity contribution >= 4 is 5.97 Å². The minimum atomic E-state index is -0.630. The molecule has 1 aromatic heterocycles. The number of carbonyl (C=O) groups excluding carboxylic acids is 1. The van der Waals surface area contributed by atoms with E-state index in [1.165, 1.54) is 7.11 Å². The highest BCUT2D eigenvalue weighted by Crippen LogP contribution is 2.01. The van der Waals surface area contributed by atoms with Gasteiger partial charge in [0.1, 0.15) is 6.04 Å². The lowest BCUT2D eigenvalue weighted by Gasteiger charge is -2.08. The topological polar surface area (TPSA) is 65.2 Å². The number of carbonyl (C=O) groups is 1. The van der Waals surface area contributed by atoms with Crippen LogP contribution in [0.4, 0.5) is 0 Å². The molecule has 0 aliphatic carbocycles. The van der Waals surface area contributed by atoms with E-state index in [1.54, 1.807) is 0 Å². The van der Waals surface area contributed by atoms with E-state index in [1.807, 2.05) is 25.1 Å². The standard InChI is InChI=1S/C10H14N2O2/c1-7-4-3-5-8(12-7)6-9(11)10(13)14-2/h3-5,9H,6,11H2,1-2H3. The van der Waals surface area contributed by atoms with E-state index >= 15 is 0 Å². The van der Waals surface area contributed by atoms with Gasteiger partial charge in [0.15, 0.2) is 0 Å². The number of aryl methyl sites for hydroxylation is 1. The van der Waals surface area contributed by atoms with Crippen molar-refractivity contribution in [3.8, 4) is 0 Å². The summed E-state index contributed by atoms with van der Waals surface area (Å²) in [4.78, 5) is 15.3. The Morgan fingerprint density at radius 3 is 2.93 bits per heavy atom. The van der Waals surface area contributed by atoms with Gasteiger partial charge >= 0.3 is 5.97 Å². The second-order valence-electron chi connectivity index (χ2n) is 3.10. The lowest BCUT2D eigenvalue weighted by Crippen LogP contribution is -2.33. The van der Waals surface area contributed by atoms with E-state index in [0.717, 1.165) is 11.4 Å². The lowest BCUT2D eigenvalue weighted by molar-refractivity contribution is -0.142. The molecule has 4 nitrogen and oxygen atoms in total. The molecule has 0 aliphatic rings. The average Bonchev–Trinajstić information content (AvgIpc) is 2.16. The summed E-state index contributed by atoms with van der Waals surface area (Å²) in [6.45, 7) is 1.90. The number of nitrogens with zero attached hydrogens (tertiary/aromatic N) is 1. The first kappa shape index (κ1) is 10.7. The molecule has 1 unspecified atom stereocenters. The van der Waals surface area contributed by atoms with Gasteiger partial charge in [0.25, 0.3) is 0 Å². The number of hydrogen-bond acceptors (Lipinski definition) is 4. The van der Waals surface area contributed by atoms with Crippen molar-refractivity contribution in [2.24, 2.45) is 5.73 Å². The van der Waals surface area contributed by atoms with Gasteiger partial charge in [-0.25, -0.2) is 0 Å². The molecule has 0 saturated carbocycles. The monoisotopic (exact) mass is 194 g/mol. The van der Waals surface area contributed by atoms with E-state index in [9.17, 15) is 4.79 Å². The Kier molecular flexibility index (Phi) is 3.59. The first-order chi connectivity index (χ1) is 6.63. The van der Waals surface area contributed by atoms with Crippen LogP contribution in [0.3, 0.4) is 0 Å². The summed E-state index contributed by atoms with van der Waals surface area (Å²) in [6.07, 6.45) is 0.411. The van der Waals surface area contributed by atoms with Crippen LogP contribution in [0.2, 0.25) is 0 Å². The average molecular weight is 194 g/mol. The third-order valence-corrected chi connectivity index (χ3v) is 1.88. The van der Waals surface area contributed by atoms with Crippen LogP contribution in [0.5, 0.6) is 0 Å². The normalized spacial score (nSPS) is 12.2. The molecule has 0 spiro atoms. The second-order valence-corrected chi connectivity index (χ2v) is 3.10. The number of rotatable bonds is 3. The highest BCUT2D eigenvalue weighted by Gasteiger charge is 2.14. The fourth-order valence-electron chi connectivity index (χ4n) is 1.17. The zero-order valence-corrected chi connectivity index (χ0v) is 8.36. The first-order valence-corrected chi connectivity index (χ1v) is 4.39. The zero-order chi connectivity index (χ0) is 10.6. The van der Waals surface area contributed by atoms with Crippen LogP contribution < -0.4 is 5.73 Å². The molecule has 1 rings (SSSR count). The maximum Gasteiger partial charge on any atom is 0.323 e. The summed E-state index contributed by atoms with van der Waals surface area (Å²) in [5.41, 5.74) is 7.32. The largest absolute Gasteiger partial charge is 0.468 e. The molecule has 1 aromatic rings. The van der Waals surface area contributed by atoms with Gasteiger partial charge in [-0.15, -0.1) is 0 Å². The zero-order valence-electron chi connectivity index (χ0n) is 8.36. The highest BCUT2D eigenvalue weighted by molar-refractivity contribution is 5.75. The van der Waals surface area contributed by atoms with Gasteiger partial charge in [0.2, 0.25) is 0 Å². The summed E-state index contributed by atoms with van der Waals surface area (Å²) in [5, 5.41) is 0. The number of methoxy groups -OCH3 is 1. The van der Waals surface area contributed by atoms with Gasteiger partial charge in [-0.1, -0.05) is 6.07 Å². The molecule has 0 aromatic carbocycles. The SMILES string of the molecule is COC(=O)C(N)Cc1cccc(C)n1. The van der Waals surface area contributed by atoms with Crippen LogP contribution in [0.25, 0.3) is 0 Å². The maximum absolute atomic E-state index is 11.0. The molecular formula is C10H14N2O2. The summed E-state index contributed by atoms with van der Waals surface area (Å²) < 4.78 is 4.52. The van der Waals surface area contributed by atoms with Gasteiger partial charge in [0.05, 0.1) is 7.11 Å². The molecule has 0 saturated heterocycles. The van der Waals surface area contributed by atoms with Crippen LogP contribution >= 0.6 is 0 Å². The molecule has 1 atom stereocenters. The molecule has 2 N–H and O–H groups in total. The number of esters is 1. The number of pyridine rings is 1. The lowest BCUT2D eigenvalue weighted by atomic mass is 10.1. The Hall–Kier alpha value is -1.42. The molecule has 0 fully saturated rings. The van der Waals surface area contributed by atoms with Crippen molar-refractivity contribution in [1.82, 2.24) is 4.98 Å². The Labute approximate surface area is 83.1 Å². The third kappa shape index (κ3) is 2.81. The summed E-state index contributed by atoms with van der Waals surface area (Å²) in [6, 6.07) is 5.00. The molecule has 76 valence electrons. The van der Waals surface area contributed by atoms with Crippen molar-refractivity contribution < 1.29 is 9.53 Å². The van der Waals surface area contributed by atoms with Crippen LogP contribution in [0.1, 0.15) is 11.4 Å². The smallest absolute Gasteiger partial charge is 0.323 e. The van der Waals surface area contributed by atoms with Crippen molar-refractivity contribution in [1.29, 1.82) is 0 Å². The van der Waals surface area contributed by atoms with Crippen LogP contribution in [0.15, 0.2) is 18.2 Å². The number of nitrogens with two attached hydrogens (primary N) is 1. The molecule has 0 radical (unpaired) electrons. The predicted molar refractivity (Wildman–Crippen MR) is 52.7 cm³/mol. The van der Waals surface area contributed by atoms with Crippen LogP contribution in [-0.4, -0.2) is 24.1 Å². The first-order valence-electron chi connectivity index (χ1n) is 4.39. The Morgan fingerprint density at radius 2 is 2.36 bits per heavy atom.